The molecule has 9 heteroatoms. The molecular weight excluding hydrogens is 432 g/mol. The van der Waals surface area contributed by atoms with Gasteiger partial charge in [-0.3, -0.25) is 19.9 Å². The van der Waals surface area contributed by atoms with Crippen LogP contribution in [0.5, 0.6) is 0 Å². The molecule has 0 radical (unpaired) electrons. The topological polar surface area (TPSA) is 99.4 Å². The van der Waals surface area contributed by atoms with Crippen LogP contribution in [0.3, 0.4) is 0 Å². The van der Waals surface area contributed by atoms with Crippen molar-refractivity contribution in [3.63, 3.8) is 0 Å². The highest BCUT2D eigenvalue weighted by Crippen LogP contribution is 2.24. The number of amides is 1. The fraction of sp³-hybridized carbons (Fsp3) is 0.182. The number of aryl methyl sites for hydroxylation is 2. The number of rotatable bonds is 6. The molecule has 0 aliphatic rings. The second-order valence-corrected chi connectivity index (χ2v) is 8.46. The summed E-state index contributed by atoms with van der Waals surface area (Å²) in [5.41, 5.74) is 4.17. The summed E-state index contributed by atoms with van der Waals surface area (Å²) in [6, 6.07) is 15.3. The van der Waals surface area contributed by atoms with Gasteiger partial charge < -0.3 is 5.32 Å². The van der Waals surface area contributed by atoms with E-state index < -0.39 is 0 Å². The number of H-pyrrole nitrogens is 1. The Morgan fingerprint density at radius 1 is 1.23 bits per heavy atom. The number of hydrogen-bond acceptors (Lipinski definition) is 5. The molecule has 0 saturated carbocycles. The molecule has 0 spiro atoms. The van der Waals surface area contributed by atoms with Gasteiger partial charge in [0.1, 0.15) is 5.49 Å². The number of nitrogens with zero attached hydrogens (tertiary/aromatic N) is 3. The van der Waals surface area contributed by atoms with E-state index in [0.29, 0.717) is 27.8 Å². The minimum absolute atomic E-state index is 0.112. The number of benzene rings is 2. The van der Waals surface area contributed by atoms with Crippen LogP contribution in [0.1, 0.15) is 16.8 Å². The summed E-state index contributed by atoms with van der Waals surface area (Å²) in [5, 5.41) is 20.6. The zero-order valence-corrected chi connectivity index (χ0v) is 18.6. The summed E-state index contributed by atoms with van der Waals surface area (Å²) in [6.45, 7) is 4.23. The highest BCUT2D eigenvalue weighted by Gasteiger charge is 2.16. The van der Waals surface area contributed by atoms with Gasteiger partial charge in [0.25, 0.3) is 0 Å². The van der Waals surface area contributed by atoms with Crippen molar-refractivity contribution in [2.75, 3.05) is 5.75 Å². The highest BCUT2D eigenvalue weighted by molar-refractivity contribution is 7.99. The summed E-state index contributed by atoms with van der Waals surface area (Å²) in [4.78, 5) is 17.1. The van der Waals surface area contributed by atoms with Crippen LogP contribution in [-0.4, -0.2) is 31.4 Å². The molecule has 0 unspecified atom stereocenters. The largest absolute Gasteiger partial charge is 0.351 e. The van der Waals surface area contributed by atoms with Crippen molar-refractivity contribution in [1.29, 1.82) is 5.41 Å². The number of halogens is 1. The van der Waals surface area contributed by atoms with E-state index in [4.69, 9.17) is 17.0 Å². The van der Waals surface area contributed by atoms with Crippen LogP contribution in [0.2, 0.25) is 5.02 Å². The molecule has 4 rings (SSSR count). The lowest BCUT2D eigenvalue weighted by molar-refractivity contribution is -0.118. The molecule has 0 atom stereocenters. The van der Waals surface area contributed by atoms with Crippen LogP contribution in [0.15, 0.2) is 53.7 Å². The molecule has 7 nitrogen and oxygen atoms in total. The van der Waals surface area contributed by atoms with Crippen LogP contribution < -0.4 is 10.8 Å². The maximum absolute atomic E-state index is 12.4. The van der Waals surface area contributed by atoms with E-state index in [1.165, 1.54) is 11.8 Å². The highest BCUT2D eigenvalue weighted by atomic mass is 35.5. The molecule has 2 aromatic carbocycles. The number of fused-ring (bicyclic) bond motifs is 1. The molecule has 2 aromatic heterocycles. The third kappa shape index (κ3) is 4.50. The number of aromatic amines is 1. The molecule has 0 aliphatic carbocycles. The van der Waals surface area contributed by atoms with Gasteiger partial charge in [-0.15, -0.1) is 0 Å². The van der Waals surface area contributed by atoms with Crippen LogP contribution in [0, 0.1) is 19.3 Å². The SMILES string of the molecule is Cc1cc(-n2c(SCC(=O)NCc3ccccc3)nc3n[nH]c(C)c3c2=N)ccc1Cl. The Hall–Kier alpha value is -3.10. The molecule has 31 heavy (non-hydrogen) atoms. The number of hydrogen-bond donors (Lipinski definition) is 3. The summed E-state index contributed by atoms with van der Waals surface area (Å²) in [7, 11) is 0. The van der Waals surface area contributed by atoms with Crippen LogP contribution >= 0.6 is 23.4 Å². The molecule has 0 bridgehead atoms. The van der Waals surface area contributed by atoms with Crippen molar-refractivity contribution >= 4 is 40.3 Å². The monoisotopic (exact) mass is 452 g/mol. The number of carbonyl (C=O) groups excluding carboxylic acids is 1. The van der Waals surface area contributed by atoms with Crippen LogP contribution in [0.25, 0.3) is 16.7 Å². The molecule has 0 fully saturated rings. The smallest absolute Gasteiger partial charge is 0.230 e. The number of nitrogens with one attached hydrogen (secondary N) is 3. The van der Waals surface area contributed by atoms with Crippen molar-refractivity contribution < 1.29 is 4.79 Å². The molecule has 158 valence electrons. The van der Waals surface area contributed by atoms with Crippen molar-refractivity contribution in [3.05, 3.63) is 75.9 Å². The van der Waals surface area contributed by atoms with Gasteiger partial charge >= 0.3 is 0 Å². The molecule has 1 amide bonds. The standard InChI is InChI=1S/C22H21ClN6OS/c1-13-10-16(8-9-17(13)23)29-20(24)19-14(2)27-28-21(19)26-22(29)31-12-18(30)25-11-15-6-4-3-5-7-15/h3-10,24H,11-12H2,1-2H3,(H,25,30)(H,27,28). The first kappa shape index (κ1) is 21.1. The zero-order valence-electron chi connectivity index (χ0n) is 17.1. The zero-order chi connectivity index (χ0) is 22.0. The molecule has 2 heterocycles. The lowest BCUT2D eigenvalue weighted by Gasteiger charge is -2.14. The Bertz CT molecular complexity index is 1320. The lowest BCUT2D eigenvalue weighted by atomic mass is 10.2. The van der Waals surface area contributed by atoms with E-state index in [1.54, 1.807) is 10.6 Å². The van der Waals surface area contributed by atoms with E-state index >= 15 is 0 Å². The van der Waals surface area contributed by atoms with E-state index in [1.807, 2.05) is 56.3 Å². The van der Waals surface area contributed by atoms with Crippen molar-refractivity contribution in [3.8, 4) is 5.69 Å². The normalized spacial score (nSPS) is 11.1. The van der Waals surface area contributed by atoms with Crippen molar-refractivity contribution in [2.24, 2.45) is 0 Å². The van der Waals surface area contributed by atoms with E-state index in [9.17, 15) is 4.79 Å². The first-order valence-electron chi connectivity index (χ1n) is 9.66. The Morgan fingerprint density at radius 2 is 2.00 bits per heavy atom. The van der Waals surface area contributed by atoms with Gasteiger partial charge in [0.05, 0.1) is 11.1 Å². The second kappa shape index (κ2) is 8.95. The molecular formula is C22H21ClN6OS. The predicted molar refractivity (Wildman–Crippen MR) is 123 cm³/mol. The Kier molecular flexibility index (Phi) is 6.11. The lowest BCUT2D eigenvalue weighted by Crippen LogP contribution is -2.26. The maximum Gasteiger partial charge on any atom is 0.230 e. The summed E-state index contributed by atoms with van der Waals surface area (Å²) in [5.74, 6) is 0.0557. The van der Waals surface area contributed by atoms with Crippen LogP contribution in [0.4, 0.5) is 0 Å². The molecule has 0 saturated heterocycles. The second-order valence-electron chi connectivity index (χ2n) is 7.11. The minimum atomic E-state index is -0.112. The van der Waals surface area contributed by atoms with Gasteiger partial charge in [-0.1, -0.05) is 53.7 Å². The number of aromatic nitrogens is 4. The maximum atomic E-state index is 12.4. The number of thioether (sulfide) groups is 1. The van der Waals surface area contributed by atoms with Crippen LogP contribution in [-0.2, 0) is 11.3 Å². The fourth-order valence-corrected chi connectivity index (χ4v) is 4.17. The summed E-state index contributed by atoms with van der Waals surface area (Å²) in [6.07, 6.45) is 0. The Labute approximate surface area is 188 Å². The molecule has 4 aromatic rings. The van der Waals surface area contributed by atoms with Gasteiger partial charge in [0.2, 0.25) is 5.91 Å². The third-order valence-corrected chi connectivity index (χ3v) is 6.21. The first-order chi connectivity index (χ1) is 14.9. The third-order valence-electron chi connectivity index (χ3n) is 4.85. The average molecular weight is 453 g/mol. The Morgan fingerprint density at radius 3 is 2.74 bits per heavy atom. The van der Waals surface area contributed by atoms with E-state index in [2.05, 4.69) is 20.5 Å². The van der Waals surface area contributed by atoms with Crippen molar-refractivity contribution in [2.45, 2.75) is 25.5 Å². The van der Waals surface area contributed by atoms with Gasteiger partial charge in [-0.2, -0.15) is 5.10 Å². The first-order valence-corrected chi connectivity index (χ1v) is 11.0. The molecule has 3 N–H and O–H groups in total. The summed E-state index contributed by atoms with van der Waals surface area (Å²) >= 11 is 7.46. The van der Waals surface area contributed by atoms with E-state index in [0.717, 1.165) is 22.5 Å². The average Bonchev–Trinajstić information content (AvgIpc) is 3.14. The van der Waals surface area contributed by atoms with Gasteiger partial charge in [-0.25, -0.2) is 4.98 Å². The fourth-order valence-electron chi connectivity index (χ4n) is 3.21. The number of carbonyl (C=O) groups is 1. The predicted octanol–water partition coefficient (Wildman–Crippen LogP) is 3.91. The van der Waals surface area contributed by atoms with Gasteiger partial charge in [-0.05, 0) is 43.2 Å². The molecule has 0 aliphatic heterocycles. The van der Waals surface area contributed by atoms with E-state index in [-0.39, 0.29) is 17.1 Å². The van der Waals surface area contributed by atoms with Gasteiger partial charge in [0.15, 0.2) is 10.8 Å². The van der Waals surface area contributed by atoms with Crippen molar-refractivity contribution in [1.82, 2.24) is 25.1 Å². The van der Waals surface area contributed by atoms with Gasteiger partial charge in [0, 0.05) is 22.9 Å². The minimum Gasteiger partial charge on any atom is -0.351 e. The Balaban J connectivity index is 1.64. The summed E-state index contributed by atoms with van der Waals surface area (Å²) < 4.78 is 1.73. The quantitative estimate of drug-likeness (QED) is 0.305.